The quantitative estimate of drug-likeness (QED) is 0.228. The number of rotatable bonds is 13. The minimum Gasteiger partial charge on any atom is -0.478 e. The van der Waals surface area contributed by atoms with Crippen molar-refractivity contribution in [1.82, 2.24) is 0 Å². The molecule has 1 rings (SSSR count). The summed E-state index contributed by atoms with van der Waals surface area (Å²) in [7, 11) is 0. The fourth-order valence-corrected chi connectivity index (χ4v) is 2.56. The Morgan fingerprint density at radius 2 is 1.67 bits per heavy atom. The number of hydrogen-bond acceptors (Lipinski definition) is 2. The molecule has 3 heteroatoms. The van der Waals surface area contributed by atoms with E-state index in [0.717, 1.165) is 25.3 Å². The van der Waals surface area contributed by atoms with Crippen molar-refractivity contribution in [1.29, 1.82) is 0 Å². The van der Waals surface area contributed by atoms with Gasteiger partial charge in [-0.1, -0.05) is 63.7 Å². The molecular formula is C18H30O3. The fraction of sp³-hybridized carbons (Fsp3) is 0.722. The number of allylic oxidation sites excluding steroid dienone is 3. The third kappa shape index (κ3) is 10.3. The average Bonchev–Trinajstić information content (AvgIpc) is 3.20. The predicted molar refractivity (Wildman–Crippen MR) is 86.4 cm³/mol. The van der Waals surface area contributed by atoms with Gasteiger partial charge in [0.15, 0.2) is 0 Å². The highest BCUT2D eigenvalue weighted by atomic mass is 16.6. The second-order valence-electron chi connectivity index (χ2n) is 5.83. The third-order valence-electron chi connectivity index (χ3n) is 3.88. The monoisotopic (exact) mass is 294 g/mol. The lowest BCUT2D eigenvalue weighted by Gasteiger charge is -1.98. The topological polar surface area (TPSA) is 49.8 Å². The predicted octanol–water partition coefficient (Wildman–Crippen LogP) is 4.87. The maximum atomic E-state index is 10.2. The van der Waals surface area contributed by atoms with Crippen LogP contribution in [0.15, 0.2) is 24.3 Å². The van der Waals surface area contributed by atoms with Crippen molar-refractivity contribution in [3.8, 4) is 0 Å². The van der Waals surface area contributed by atoms with Crippen molar-refractivity contribution >= 4 is 5.97 Å². The normalized spacial score (nSPS) is 21.4. The Balaban J connectivity index is 1.87. The average molecular weight is 294 g/mol. The Hall–Kier alpha value is -1.09. The first-order valence-electron chi connectivity index (χ1n) is 8.45. The molecule has 1 saturated heterocycles. The first-order valence-corrected chi connectivity index (χ1v) is 8.45. The molecule has 0 bridgehead atoms. The lowest BCUT2D eigenvalue weighted by atomic mass is 10.1. The molecule has 0 aliphatic carbocycles. The van der Waals surface area contributed by atoms with Crippen LogP contribution in [0.25, 0.3) is 0 Å². The van der Waals surface area contributed by atoms with Gasteiger partial charge in [-0.3, -0.25) is 0 Å². The van der Waals surface area contributed by atoms with Crippen molar-refractivity contribution in [2.75, 3.05) is 0 Å². The van der Waals surface area contributed by atoms with Gasteiger partial charge in [-0.2, -0.15) is 0 Å². The first kappa shape index (κ1) is 18.0. The zero-order valence-electron chi connectivity index (χ0n) is 13.3. The Morgan fingerprint density at radius 1 is 1.00 bits per heavy atom. The number of ether oxygens (including phenoxy) is 1. The van der Waals surface area contributed by atoms with Crippen molar-refractivity contribution < 1.29 is 14.6 Å². The van der Waals surface area contributed by atoms with Gasteiger partial charge in [-0.05, 0) is 25.7 Å². The van der Waals surface area contributed by atoms with Gasteiger partial charge < -0.3 is 9.84 Å². The molecule has 120 valence electrons. The molecule has 0 aromatic carbocycles. The third-order valence-corrected chi connectivity index (χ3v) is 3.88. The van der Waals surface area contributed by atoms with Gasteiger partial charge in [0.2, 0.25) is 0 Å². The van der Waals surface area contributed by atoms with Crippen molar-refractivity contribution in [2.24, 2.45) is 0 Å². The van der Waals surface area contributed by atoms with E-state index < -0.39 is 5.97 Å². The Kier molecular flexibility index (Phi) is 9.88. The van der Waals surface area contributed by atoms with Crippen LogP contribution in [0.1, 0.15) is 71.1 Å². The van der Waals surface area contributed by atoms with Crippen molar-refractivity contribution in [3.05, 3.63) is 24.3 Å². The molecule has 0 spiro atoms. The molecular weight excluding hydrogens is 264 g/mol. The fourth-order valence-electron chi connectivity index (χ4n) is 2.56. The summed E-state index contributed by atoms with van der Waals surface area (Å²) < 4.78 is 5.69. The van der Waals surface area contributed by atoms with E-state index in [1.165, 1.54) is 44.9 Å². The zero-order chi connectivity index (χ0) is 15.3. The lowest BCUT2D eigenvalue weighted by molar-refractivity contribution is -0.131. The Bertz CT molecular complexity index is 333. The number of hydrogen-bond donors (Lipinski definition) is 1. The lowest BCUT2D eigenvalue weighted by Crippen LogP contribution is -1.94. The summed E-state index contributed by atoms with van der Waals surface area (Å²) in [6.07, 6.45) is 20.1. The van der Waals surface area contributed by atoms with E-state index in [0.29, 0.717) is 12.2 Å². The number of carboxylic acids is 1. The van der Waals surface area contributed by atoms with Gasteiger partial charge in [0.1, 0.15) is 0 Å². The summed E-state index contributed by atoms with van der Waals surface area (Å²) in [5.41, 5.74) is 0. The molecule has 0 aromatic heterocycles. The molecule has 1 N–H and O–H groups in total. The standard InChI is InChI=1S/C18H30O3/c1-2-3-4-5-7-10-13-16-17(21-16)14-11-8-6-9-12-15-18(19)20/h6,9,12,15-17H,2-5,7-8,10-11,13-14H2,1H3,(H,19,20)/b9-6?,15-12-/t16-,17+/m1/s1. The van der Waals surface area contributed by atoms with Gasteiger partial charge in [-0.15, -0.1) is 0 Å². The molecule has 2 atom stereocenters. The second-order valence-corrected chi connectivity index (χ2v) is 5.83. The van der Waals surface area contributed by atoms with Gasteiger partial charge in [0.25, 0.3) is 0 Å². The smallest absolute Gasteiger partial charge is 0.328 e. The van der Waals surface area contributed by atoms with E-state index in [1.807, 2.05) is 6.08 Å². The van der Waals surface area contributed by atoms with E-state index in [1.54, 1.807) is 12.2 Å². The largest absolute Gasteiger partial charge is 0.478 e. The number of carboxylic acid groups (broad SMARTS) is 1. The van der Waals surface area contributed by atoms with Gasteiger partial charge in [0, 0.05) is 6.08 Å². The van der Waals surface area contributed by atoms with Crippen LogP contribution in [0, 0.1) is 0 Å². The van der Waals surface area contributed by atoms with Crippen LogP contribution >= 0.6 is 0 Å². The summed E-state index contributed by atoms with van der Waals surface area (Å²) in [6.45, 7) is 2.25. The van der Waals surface area contributed by atoms with E-state index in [4.69, 9.17) is 9.84 Å². The van der Waals surface area contributed by atoms with Crippen LogP contribution in [-0.4, -0.2) is 23.3 Å². The number of carbonyl (C=O) groups is 1. The highest BCUT2D eigenvalue weighted by Crippen LogP contribution is 2.31. The SMILES string of the molecule is CCCCCCCC[C@H]1O[C@H]1CCCC=C/C=C\C(=O)O. The van der Waals surface area contributed by atoms with Crippen LogP contribution in [-0.2, 0) is 9.53 Å². The molecule has 0 amide bonds. The van der Waals surface area contributed by atoms with Crippen LogP contribution in [0.2, 0.25) is 0 Å². The summed E-state index contributed by atoms with van der Waals surface area (Å²) >= 11 is 0. The maximum Gasteiger partial charge on any atom is 0.328 e. The van der Waals surface area contributed by atoms with Gasteiger partial charge in [0.05, 0.1) is 12.2 Å². The molecule has 21 heavy (non-hydrogen) atoms. The van der Waals surface area contributed by atoms with E-state index in [2.05, 4.69) is 6.92 Å². The van der Waals surface area contributed by atoms with Gasteiger partial charge >= 0.3 is 5.97 Å². The molecule has 0 saturated carbocycles. The number of unbranched alkanes of at least 4 members (excludes halogenated alkanes) is 6. The minimum absolute atomic E-state index is 0.489. The Morgan fingerprint density at radius 3 is 2.38 bits per heavy atom. The molecule has 1 heterocycles. The highest BCUT2D eigenvalue weighted by Gasteiger charge is 2.36. The summed E-state index contributed by atoms with van der Waals surface area (Å²) in [4.78, 5) is 10.2. The molecule has 0 radical (unpaired) electrons. The van der Waals surface area contributed by atoms with E-state index >= 15 is 0 Å². The van der Waals surface area contributed by atoms with Crippen LogP contribution in [0.3, 0.4) is 0 Å². The van der Waals surface area contributed by atoms with Crippen molar-refractivity contribution in [2.45, 2.75) is 83.3 Å². The number of epoxide rings is 1. The van der Waals surface area contributed by atoms with E-state index in [9.17, 15) is 4.79 Å². The zero-order valence-corrected chi connectivity index (χ0v) is 13.3. The van der Waals surface area contributed by atoms with E-state index in [-0.39, 0.29) is 0 Å². The maximum absolute atomic E-state index is 10.2. The second kappa shape index (κ2) is 11.6. The van der Waals surface area contributed by atoms with Crippen LogP contribution in [0.4, 0.5) is 0 Å². The molecule has 1 aliphatic rings. The van der Waals surface area contributed by atoms with Crippen LogP contribution in [0.5, 0.6) is 0 Å². The van der Waals surface area contributed by atoms with Gasteiger partial charge in [-0.25, -0.2) is 4.79 Å². The molecule has 1 aliphatic heterocycles. The number of aliphatic carboxylic acids is 1. The Labute approximate surface area is 129 Å². The molecule has 0 unspecified atom stereocenters. The van der Waals surface area contributed by atoms with Crippen molar-refractivity contribution in [3.63, 3.8) is 0 Å². The minimum atomic E-state index is -0.899. The molecule has 3 nitrogen and oxygen atoms in total. The summed E-state index contributed by atoms with van der Waals surface area (Å²) in [5.74, 6) is -0.899. The summed E-state index contributed by atoms with van der Waals surface area (Å²) in [5, 5.41) is 8.42. The first-order chi connectivity index (χ1) is 10.2. The van der Waals surface area contributed by atoms with Crippen LogP contribution < -0.4 is 0 Å². The highest BCUT2D eigenvalue weighted by molar-refractivity contribution is 5.80. The summed E-state index contributed by atoms with van der Waals surface area (Å²) in [6, 6.07) is 0. The molecule has 0 aromatic rings. The molecule has 1 fully saturated rings.